The largest absolute Gasteiger partial charge is 0.480 e. The second-order valence-corrected chi connectivity index (χ2v) is 5.98. The Hall–Kier alpha value is -1.82. The molecule has 3 rings (SSSR count). The molecule has 2 fully saturated rings. The summed E-state index contributed by atoms with van der Waals surface area (Å²) < 4.78 is 5.18. The van der Waals surface area contributed by atoms with Crippen LogP contribution in [0.15, 0.2) is 18.3 Å². The molecule has 6 nitrogen and oxygen atoms in total. The minimum Gasteiger partial charge on any atom is -0.480 e. The summed E-state index contributed by atoms with van der Waals surface area (Å²) in [7, 11) is 1.56. The van der Waals surface area contributed by atoms with Gasteiger partial charge in [-0.25, -0.2) is 9.78 Å². The second kappa shape index (κ2) is 6.96. The molecule has 1 aromatic heterocycles. The van der Waals surface area contributed by atoms with Crippen LogP contribution in [-0.2, 0) is 0 Å². The van der Waals surface area contributed by atoms with E-state index in [9.17, 15) is 4.79 Å². The Morgan fingerprint density at radius 1 is 1.32 bits per heavy atom. The summed E-state index contributed by atoms with van der Waals surface area (Å²) in [5, 5.41) is 2.92. The van der Waals surface area contributed by atoms with Gasteiger partial charge in [-0.15, -0.1) is 0 Å². The molecule has 0 aliphatic carbocycles. The molecule has 2 amide bonds. The van der Waals surface area contributed by atoms with Crippen LogP contribution in [0.3, 0.4) is 0 Å². The van der Waals surface area contributed by atoms with Crippen LogP contribution < -0.4 is 10.1 Å². The van der Waals surface area contributed by atoms with Gasteiger partial charge in [0.05, 0.1) is 7.11 Å². The van der Waals surface area contributed by atoms with E-state index in [1.807, 2.05) is 11.0 Å². The third-order valence-electron chi connectivity index (χ3n) is 4.55. The van der Waals surface area contributed by atoms with Crippen LogP contribution in [0.4, 0.5) is 10.5 Å². The van der Waals surface area contributed by atoms with Crippen molar-refractivity contribution in [2.24, 2.45) is 0 Å². The molecule has 0 radical (unpaired) electrons. The molecular formula is C16H24N4O2. The van der Waals surface area contributed by atoms with Crippen LogP contribution in [-0.4, -0.2) is 60.1 Å². The number of piperidine rings is 1. The summed E-state index contributed by atoms with van der Waals surface area (Å²) in [5.74, 6) is 0.448. The number of likely N-dealkylation sites (tertiary alicyclic amines) is 2. The highest BCUT2D eigenvalue weighted by Gasteiger charge is 2.29. The van der Waals surface area contributed by atoms with E-state index in [-0.39, 0.29) is 6.03 Å². The highest BCUT2D eigenvalue weighted by Crippen LogP contribution is 2.23. The maximum Gasteiger partial charge on any atom is 0.322 e. The Morgan fingerprint density at radius 3 is 2.91 bits per heavy atom. The van der Waals surface area contributed by atoms with Gasteiger partial charge in [0.1, 0.15) is 5.69 Å². The number of hydrogen-bond acceptors (Lipinski definition) is 4. The Bertz CT molecular complexity index is 517. The van der Waals surface area contributed by atoms with Gasteiger partial charge in [-0.2, -0.15) is 0 Å². The zero-order valence-corrected chi connectivity index (χ0v) is 13.1. The number of nitrogens with zero attached hydrogens (tertiary/aromatic N) is 3. The van der Waals surface area contributed by atoms with E-state index < -0.39 is 0 Å². The van der Waals surface area contributed by atoms with Gasteiger partial charge >= 0.3 is 6.03 Å². The van der Waals surface area contributed by atoms with E-state index >= 15 is 0 Å². The van der Waals surface area contributed by atoms with Crippen LogP contribution >= 0.6 is 0 Å². The number of rotatable bonds is 3. The van der Waals surface area contributed by atoms with Crippen molar-refractivity contribution in [3.8, 4) is 5.88 Å². The quantitative estimate of drug-likeness (QED) is 0.930. The first kappa shape index (κ1) is 15.1. The van der Waals surface area contributed by atoms with Crippen LogP contribution in [0.2, 0.25) is 0 Å². The number of ether oxygens (including phenoxy) is 1. The average molecular weight is 304 g/mol. The lowest BCUT2D eigenvalue weighted by Crippen LogP contribution is -2.50. The Balaban J connectivity index is 1.61. The number of carbonyl (C=O) groups is 1. The first-order valence-corrected chi connectivity index (χ1v) is 8.07. The van der Waals surface area contributed by atoms with Gasteiger partial charge in [0, 0.05) is 25.3 Å². The highest BCUT2D eigenvalue weighted by atomic mass is 16.5. The molecule has 1 N–H and O–H groups in total. The molecule has 22 heavy (non-hydrogen) atoms. The van der Waals surface area contributed by atoms with E-state index in [0.29, 0.717) is 17.6 Å². The lowest BCUT2D eigenvalue weighted by atomic mass is 10.0. The smallest absolute Gasteiger partial charge is 0.322 e. The fourth-order valence-corrected chi connectivity index (χ4v) is 3.39. The van der Waals surface area contributed by atoms with Crippen LogP contribution in [0.1, 0.15) is 25.7 Å². The van der Waals surface area contributed by atoms with Crippen LogP contribution in [0.25, 0.3) is 0 Å². The van der Waals surface area contributed by atoms with E-state index in [0.717, 1.165) is 19.5 Å². The van der Waals surface area contributed by atoms with Crippen molar-refractivity contribution >= 4 is 11.7 Å². The van der Waals surface area contributed by atoms with Gasteiger partial charge in [0.2, 0.25) is 5.88 Å². The Morgan fingerprint density at radius 2 is 2.14 bits per heavy atom. The first-order chi connectivity index (χ1) is 10.8. The molecule has 2 aliphatic heterocycles. The fourth-order valence-electron chi connectivity index (χ4n) is 3.39. The molecule has 0 unspecified atom stereocenters. The summed E-state index contributed by atoms with van der Waals surface area (Å²) in [6.07, 6.45) is 6.49. The number of hydrogen-bond donors (Lipinski definition) is 1. The van der Waals surface area contributed by atoms with Gasteiger partial charge < -0.3 is 15.0 Å². The third kappa shape index (κ3) is 3.32. The molecular weight excluding hydrogens is 280 g/mol. The van der Waals surface area contributed by atoms with Crippen molar-refractivity contribution in [1.29, 1.82) is 0 Å². The third-order valence-corrected chi connectivity index (χ3v) is 4.55. The number of urea groups is 1. The van der Waals surface area contributed by atoms with Gasteiger partial charge in [0.25, 0.3) is 0 Å². The second-order valence-electron chi connectivity index (χ2n) is 5.98. The minimum absolute atomic E-state index is 0.0600. The zero-order chi connectivity index (χ0) is 15.4. The summed E-state index contributed by atoms with van der Waals surface area (Å²) in [6, 6.07) is 4.06. The molecule has 1 atom stereocenters. The molecule has 0 saturated carbocycles. The van der Waals surface area contributed by atoms with Crippen LogP contribution in [0, 0.1) is 0 Å². The molecule has 0 aromatic carbocycles. The van der Waals surface area contributed by atoms with Crippen molar-refractivity contribution < 1.29 is 9.53 Å². The van der Waals surface area contributed by atoms with Crippen molar-refractivity contribution in [3.05, 3.63) is 18.3 Å². The zero-order valence-electron chi connectivity index (χ0n) is 13.1. The number of anilines is 1. The normalized spacial score (nSPS) is 22.6. The van der Waals surface area contributed by atoms with Gasteiger partial charge in [-0.1, -0.05) is 0 Å². The monoisotopic (exact) mass is 304 g/mol. The van der Waals surface area contributed by atoms with Gasteiger partial charge in [-0.3, -0.25) is 4.90 Å². The lowest BCUT2D eigenvalue weighted by Gasteiger charge is -2.37. The standard InChI is InChI=1S/C16H24N4O2/c1-22-15-14(7-4-8-17-15)18-16(21)20-11-5-6-13(12-20)19-9-2-3-10-19/h4,7-8,13H,2-3,5-6,9-12H2,1H3,(H,18,21)/t13-/m0/s1. The number of carbonyl (C=O) groups excluding carboxylic acids is 1. The molecule has 6 heteroatoms. The molecule has 2 saturated heterocycles. The van der Waals surface area contributed by atoms with E-state index in [1.54, 1.807) is 19.4 Å². The Labute approximate surface area is 131 Å². The van der Waals surface area contributed by atoms with Crippen molar-refractivity contribution in [3.63, 3.8) is 0 Å². The summed E-state index contributed by atoms with van der Waals surface area (Å²) in [5.41, 5.74) is 0.623. The molecule has 1 aromatic rings. The summed E-state index contributed by atoms with van der Waals surface area (Å²) >= 11 is 0. The maximum absolute atomic E-state index is 12.5. The number of methoxy groups -OCH3 is 1. The SMILES string of the molecule is COc1ncccc1NC(=O)N1CCC[C@H](N2CCCC2)C1. The van der Waals surface area contributed by atoms with E-state index in [4.69, 9.17) is 4.74 Å². The van der Waals surface area contributed by atoms with E-state index in [1.165, 1.54) is 32.4 Å². The lowest BCUT2D eigenvalue weighted by molar-refractivity contribution is 0.131. The molecule has 2 aliphatic rings. The predicted molar refractivity (Wildman–Crippen MR) is 85.2 cm³/mol. The summed E-state index contributed by atoms with van der Waals surface area (Å²) in [4.78, 5) is 21.1. The number of pyridine rings is 1. The van der Waals surface area contributed by atoms with Crippen LogP contribution in [0.5, 0.6) is 5.88 Å². The fraction of sp³-hybridized carbons (Fsp3) is 0.625. The van der Waals surface area contributed by atoms with Gasteiger partial charge in [0.15, 0.2) is 0 Å². The predicted octanol–water partition coefficient (Wildman–Crippen LogP) is 2.18. The molecule has 0 spiro atoms. The van der Waals surface area contributed by atoms with Crippen molar-refractivity contribution in [2.45, 2.75) is 31.7 Å². The van der Waals surface area contributed by atoms with Crippen molar-refractivity contribution in [1.82, 2.24) is 14.8 Å². The summed E-state index contributed by atoms with van der Waals surface area (Å²) in [6.45, 7) is 3.99. The number of amides is 2. The topological polar surface area (TPSA) is 57.7 Å². The Kier molecular flexibility index (Phi) is 4.77. The maximum atomic E-state index is 12.5. The molecule has 0 bridgehead atoms. The van der Waals surface area contributed by atoms with Crippen molar-refractivity contribution in [2.75, 3.05) is 38.6 Å². The van der Waals surface area contributed by atoms with E-state index in [2.05, 4.69) is 15.2 Å². The van der Waals surface area contributed by atoms with Gasteiger partial charge in [-0.05, 0) is 50.9 Å². The molecule has 120 valence electrons. The first-order valence-electron chi connectivity index (χ1n) is 8.07. The number of aromatic nitrogens is 1. The number of nitrogens with one attached hydrogen (secondary N) is 1. The molecule has 3 heterocycles. The minimum atomic E-state index is -0.0600. The average Bonchev–Trinajstić information content (AvgIpc) is 3.10. The highest BCUT2D eigenvalue weighted by molar-refractivity contribution is 5.90.